The second-order valence-electron chi connectivity index (χ2n) is 4.98. The first-order valence-corrected chi connectivity index (χ1v) is 7.52. The van der Waals surface area contributed by atoms with Gasteiger partial charge in [0.15, 0.2) is 0 Å². The van der Waals surface area contributed by atoms with Crippen molar-refractivity contribution in [3.8, 4) is 0 Å². The van der Waals surface area contributed by atoms with Gasteiger partial charge in [-0.15, -0.1) is 0 Å². The Bertz CT molecular complexity index is 585. The normalized spacial score (nSPS) is 22.2. The van der Waals surface area contributed by atoms with Crippen LogP contribution in [0.5, 0.6) is 0 Å². The molecule has 3 rings (SSSR count). The number of anilines is 1. The summed E-state index contributed by atoms with van der Waals surface area (Å²) in [5, 5.41) is 3.86. The van der Waals surface area contributed by atoms with Crippen molar-refractivity contribution in [2.75, 3.05) is 11.9 Å². The highest BCUT2D eigenvalue weighted by Crippen LogP contribution is 2.29. The average Bonchev–Trinajstić information content (AvgIpc) is 2.98. The predicted octanol–water partition coefficient (Wildman–Crippen LogP) is 2.68. The fourth-order valence-corrected chi connectivity index (χ4v) is 2.68. The van der Waals surface area contributed by atoms with Crippen molar-refractivity contribution in [1.82, 2.24) is 19.5 Å². The van der Waals surface area contributed by atoms with E-state index >= 15 is 0 Å². The molecule has 0 saturated carbocycles. The summed E-state index contributed by atoms with van der Waals surface area (Å²) in [6.45, 7) is 3.72. The highest BCUT2D eigenvalue weighted by molar-refractivity contribution is 6.30. The second kappa shape index (κ2) is 6.41. The lowest BCUT2D eigenvalue weighted by atomic mass is 10.0. The second-order valence-corrected chi connectivity index (χ2v) is 5.42. The van der Waals surface area contributed by atoms with Crippen LogP contribution in [0.25, 0.3) is 0 Å². The van der Waals surface area contributed by atoms with Gasteiger partial charge < -0.3 is 14.6 Å². The van der Waals surface area contributed by atoms with Gasteiger partial charge in [0.2, 0.25) is 5.95 Å². The lowest BCUT2D eigenvalue weighted by Crippen LogP contribution is -2.35. The van der Waals surface area contributed by atoms with Crippen molar-refractivity contribution in [1.29, 1.82) is 0 Å². The van der Waals surface area contributed by atoms with Gasteiger partial charge in [-0.25, -0.2) is 15.0 Å². The van der Waals surface area contributed by atoms with Gasteiger partial charge >= 0.3 is 0 Å². The molecule has 7 heteroatoms. The monoisotopic (exact) mass is 307 g/mol. The van der Waals surface area contributed by atoms with E-state index in [1.165, 1.54) is 0 Å². The van der Waals surface area contributed by atoms with Crippen LogP contribution in [-0.2, 0) is 11.3 Å². The summed E-state index contributed by atoms with van der Waals surface area (Å²) in [6.07, 6.45) is 8.87. The molecule has 0 unspecified atom stereocenters. The minimum Gasteiger partial charge on any atom is -0.368 e. The number of nitrogens with one attached hydrogen (secondary N) is 1. The first-order chi connectivity index (χ1) is 10.3. The van der Waals surface area contributed by atoms with Gasteiger partial charge in [0.1, 0.15) is 11.9 Å². The maximum Gasteiger partial charge on any atom is 0.222 e. The number of rotatable bonds is 4. The molecule has 0 amide bonds. The fraction of sp³-hybridized carbons (Fsp3) is 0.500. The molecule has 1 aliphatic rings. The average molecular weight is 308 g/mol. The Morgan fingerprint density at radius 3 is 2.95 bits per heavy atom. The summed E-state index contributed by atoms with van der Waals surface area (Å²) >= 11 is 5.81. The quantitative estimate of drug-likeness (QED) is 0.941. The van der Waals surface area contributed by atoms with Crippen LogP contribution in [0.3, 0.4) is 0 Å². The van der Waals surface area contributed by atoms with E-state index in [0.29, 0.717) is 11.0 Å². The molecule has 1 N–H and O–H groups in total. The molecular formula is C14H18ClN5O. The summed E-state index contributed by atoms with van der Waals surface area (Å²) < 4.78 is 8.05. The number of halogens is 1. The zero-order chi connectivity index (χ0) is 14.7. The molecule has 6 nitrogen and oxygen atoms in total. The number of ether oxygens (including phenoxy) is 1. The zero-order valence-corrected chi connectivity index (χ0v) is 12.6. The van der Waals surface area contributed by atoms with Crippen LogP contribution in [0.4, 0.5) is 5.95 Å². The summed E-state index contributed by atoms with van der Waals surface area (Å²) in [6, 6.07) is 0.104. The van der Waals surface area contributed by atoms with Crippen molar-refractivity contribution in [2.45, 2.75) is 38.5 Å². The third kappa shape index (κ3) is 3.16. The number of aromatic nitrogens is 4. The Morgan fingerprint density at radius 2 is 2.19 bits per heavy atom. The van der Waals surface area contributed by atoms with Crippen LogP contribution in [0, 0.1) is 0 Å². The van der Waals surface area contributed by atoms with E-state index in [9.17, 15) is 0 Å². The van der Waals surface area contributed by atoms with E-state index in [1.54, 1.807) is 12.4 Å². The highest BCUT2D eigenvalue weighted by Gasteiger charge is 2.31. The molecule has 1 saturated heterocycles. The largest absolute Gasteiger partial charge is 0.368 e. The minimum absolute atomic E-state index is 0.0898. The van der Waals surface area contributed by atoms with Crippen molar-refractivity contribution in [2.24, 2.45) is 0 Å². The standard InChI is InChI=1S/C14H18ClN5O/c1-2-20-6-5-16-13(20)12-11(4-3-7-21-12)19-14-17-8-10(15)9-18-14/h5-6,8-9,11-12H,2-4,7H2,1H3,(H,17,18,19)/t11-,12-/m0/s1. The molecule has 0 spiro atoms. The molecule has 3 heterocycles. The minimum atomic E-state index is -0.0898. The Labute approximate surface area is 128 Å². The lowest BCUT2D eigenvalue weighted by Gasteiger charge is -2.32. The molecule has 1 fully saturated rings. The molecule has 0 aromatic carbocycles. The maximum absolute atomic E-state index is 5.95. The number of aryl methyl sites for hydroxylation is 1. The van der Waals surface area contributed by atoms with Crippen LogP contribution in [0.2, 0.25) is 5.02 Å². The molecule has 0 aliphatic carbocycles. The van der Waals surface area contributed by atoms with Crippen molar-refractivity contribution < 1.29 is 4.74 Å². The zero-order valence-electron chi connectivity index (χ0n) is 11.9. The first-order valence-electron chi connectivity index (χ1n) is 7.14. The predicted molar refractivity (Wildman–Crippen MR) is 80.3 cm³/mol. The van der Waals surface area contributed by atoms with E-state index in [0.717, 1.165) is 31.8 Å². The number of imidazole rings is 1. The molecule has 112 valence electrons. The third-order valence-corrected chi connectivity index (χ3v) is 3.80. The SMILES string of the molecule is CCn1ccnc1[C@H]1OCCC[C@@H]1Nc1ncc(Cl)cn1. The van der Waals surface area contributed by atoms with Gasteiger partial charge in [-0.2, -0.15) is 0 Å². The number of nitrogens with zero attached hydrogens (tertiary/aromatic N) is 4. The highest BCUT2D eigenvalue weighted by atomic mass is 35.5. The van der Waals surface area contributed by atoms with Crippen molar-refractivity contribution >= 4 is 17.5 Å². The Hall–Kier alpha value is -1.66. The van der Waals surface area contributed by atoms with Crippen LogP contribution in [-0.4, -0.2) is 32.2 Å². The van der Waals surface area contributed by atoms with Crippen LogP contribution in [0.15, 0.2) is 24.8 Å². The van der Waals surface area contributed by atoms with Crippen LogP contribution >= 0.6 is 11.6 Å². The summed E-state index contributed by atoms with van der Waals surface area (Å²) in [7, 11) is 0. The van der Waals surface area contributed by atoms with E-state index in [-0.39, 0.29) is 12.1 Å². The topological polar surface area (TPSA) is 64.9 Å². The van der Waals surface area contributed by atoms with Gasteiger partial charge in [-0.1, -0.05) is 11.6 Å². The Kier molecular flexibility index (Phi) is 4.36. The van der Waals surface area contributed by atoms with Gasteiger partial charge in [-0.05, 0) is 19.8 Å². The Morgan fingerprint density at radius 1 is 1.38 bits per heavy atom. The van der Waals surface area contributed by atoms with Crippen LogP contribution in [0.1, 0.15) is 31.7 Å². The summed E-state index contributed by atoms with van der Waals surface area (Å²) in [5.74, 6) is 1.51. The van der Waals surface area contributed by atoms with Crippen molar-refractivity contribution in [3.63, 3.8) is 0 Å². The molecule has 1 aliphatic heterocycles. The third-order valence-electron chi connectivity index (χ3n) is 3.60. The number of hydrogen-bond donors (Lipinski definition) is 1. The molecular weight excluding hydrogens is 290 g/mol. The Balaban J connectivity index is 1.79. The molecule has 21 heavy (non-hydrogen) atoms. The fourth-order valence-electron chi connectivity index (χ4n) is 2.58. The van der Waals surface area contributed by atoms with Gasteiger partial charge in [0.05, 0.1) is 23.5 Å². The van der Waals surface area contributed by atoms with E-state index < -0.39 is 0 Å². The van der Waals surface area contributed by atoms with Gasteiger partial charge in [-0.3, -0.25) is 0 Å². The molecule has 0 bridgehead atoms. The van der Waals surface area contributed by atoms with Gasteiger partial charge in [0.25, 0.3) is 0 Å². The molecule has 2 aromatic rings. The van der Waals surface area contributed by atoms with Crippen LogP contribution < -0.4 is 5.32 Å². The van der Waals surface area contributed by atoms with E-state index in [1.807, 2.05) is 12.4 Å². The maximum atomic E-state index is 5.95. The number of hydrogen-bond acceptors (Lipinski definition) is 5. The summed E-state index contributed by atoms with van der Waals surface area (Å²) in [4.78, 5) is 12.8. The lowest BCUT2D eigenvalue weighted by molar-refractivity contribution is -0.00188. The molecule has 0 radical (unpaired) electrons. The van der Waals surface area contributed by atoms with E-state index in [4.69, 9.17) is 16.3 Å². The van der Waals surface area contributed by atoms with Crippen molar-refractivity contribution in [3.05, 3.63) is 35.6 Å². The summed E-state index contributed by atoms with van der Waals surface area (Å²) in [5.41, 5.74) is 0. The molecule has 2 atom stereocenters. The van der Waals surface area contributed by atoms with Gasteiger partial charge in [0, 0.05) is 25.5 Å². The van der Waals surface area contributed by atoms with E-state index in [2.05, 4.69) is 31.8 Å². The smallest absolute Gasteiger partial charge is 0.222 e. The molecule has 2 aromatic heterocycles. The first kappa shape index (κ1) is 14.3.